The molecular formula is C23H29F3N4O3. The van der Waals surface area contributed by atoms with E-state index in [1.807, 2.05) is 30.2 Å². The van der Waals surface area contributed by atoms with Crippen molar-refractivity contribution >= 4 is 22.8 Å². The summed E-state index contributed by atoms with van der Waals surface area (Å²) >= 11 is 0. The average molecular weight is 467 g/mol. The number of hydrogen-bond acceptors (Lipinski definition) is 4. The van der Waals surface area contributed by atoms with Gasteiger partial charge in [0.25, 0.3) is 0 Å². The lowest BCUT2D eigenvalue weighted by atomic mass is 9.91. The molecule has 2 fully saturated rings. The van der Waals surface area contributed by atoms with Crippen molar-refractivity contribution in [3.63, 3.8) is 0 Å². The zero-order chi connectivity index (χ0) is 24.0. The Morgan fingerprint density at radius 2 is 1.67 bits per heavy atom. The molecule has 1 saturated heterocycles. The molecule has 2 amide bonds. The van der Waals surface area contributed by atoms with Gasteiger partial charge in [-0.3, -0.25) is 4.98 Å². The Morgan fingerprint density at radius 3 is 2.21 bits per heavy atom. The van der Waals surface area contributed by atoms with Crippen molar-refractivity contribution in [2.75, 3.05) is 13.1 Å². The van der Waals surface area contributed by atoms with Crippen molar-refractivity contribution in [1.82, 2.24) is 20.5 Å². The topological polar surface area (TPSA) is 94.6 Å². The van der Waals surface area contributed by atoms with Gasteiger partial charge in [-0.1, -0.05) is 30.7 Å². The number of piperidine rings is 1. The van der Waals surface area contributed by atoms with Crippen molar-refractivity contribution < 1.29 is 27.9 Å². The normalized spacial score (nSPS) is 18.1. The Kier molecular flexibility index (Phi) is 8.12. The summed E-state index contributed by atoms with van der Waals surface area (Å²) in [7, 11) is 0. The van der Waals surface area contributed by atoms with Crippen LogP contribution >= 0.6 is 0 Å². The molecule has 1 aromatic carbocycles. The van der Waals surface area contributed by atoms with E-state index in [-0.39, 0.29) is 12.1 Å². The molecule has 3 N–H and O–H groups in total. The fourth-order valence-corrected chi connectivity index (χ4v) is 3.85. The van der Waals surface area contributed by atoms with Crippen molar-refractivity contribution in [1.29, 1.82) is 0 Å². The molecule has 33 heavy (non-hydrogen) atoms. The number of likely N-dealkylation sites (tertiary alicyclic amines) is 1. The Balaban J connectivity index is 0.000000383. The fourth-order valence-electron chi connectivity index (χ4n) is 3.85. The summed E-state index contributed by atoms with van der Waals surface area (Å²) in [4.78, 5) is 28.0. The molecule has 0 spiro atoms. The summed E-state index contributed by atoms with van der Waals surface area (Å²) in [5, 5.41) is 16.2. The number of rotatable bonds is 4. The third-order valence-corrected chi connectivity index (χ3v) is 6.04. The first-order valence-electron chi connectivity index (χ1n) is 11.1. The predicted molar refractivity (Wildman–Crippen MR) is 118 cm³/mol. The third kappa shape index (κ3) is 7.05. The van der Waals surface area contributed by atoms with Crippen LogP contribution < -0.4 is 10.6 Å². The molecule has 180 valence electrons. The monoisotopic (exact) mass is 466 g/mol. The molecule has 10 heteroatoms. The zero-order valence-electron chi connectivity index (χ0n) is 18.4. The van der Waals surface area contributed by atoms with Crippen molar-refractivity contribution in [3.8, 4) is 0 Å². The van der Waals surface area contributed by atoms with E-state index >= 15 is 0 Å². The van der Waals surface area contributed by atoms with Gasteiger partial charge in [-0.05, 0) is 44.1 Å². The highest BCUT2D eigenvalue weighted by molar-refractivity contribution is 5.82. The Labute approximate surface area is 190 Å². The third-order valence-electron chi connectivity index (χ3n) is 6.04. The lowest BCUT2D eigenvalue weighted by Crippen LogP contribution is -2.51. The van der Waals surface area contributed by atoms with Crippen LogP contribution in [-0.2, 0) is 4.79 Å². The standard InChI is InChI=1S/C21H28N4O.C2HF3O2/c1-15(20-13-16-5-2-3-6-17(16)14-22-20)23-21(26)25-11-9-19(10-12-25)24-18-7-4-8-18;3-2(4,5)1(6)7/h2-3,5-6,13-15,18-19,24H,4,7-12H2,1H3,(H,23,26);(H,6,7). The summed E-state index contributed by atoms with van der Waals surface area (Å²) in [6.45, 7) is 3.65. The molecule has 7 nitrogen and oxygen atoms in total. The van der Waals surface area contributed by atoms with Gasteiger partial charge < -0.3 is 20.6 Å². The number of nitrogens with zero attached hydrogens (tertiary/aromatic N) is 2. The zero-order valence-corrected chi connectivity index (χ0v) is 18.4. The van der Waals surface area contributed by atoms with Gasteiger partial charge in [-0.15, -0.1) is 0 Å². The Bertz CT molecular complexity index is 957. The number of carboxylic acids is 1. The number of alkyl halides is 3. The first-order chi connectivity index (χ1) is 15.6. The van der Waals surface area contributed by atoms with Gasteiger partial charge in [-0.2, -0.15) is 13.2 Å². The van der Waals surface area contributed by atoms with Crippen LogP contribution in [0.25, 0.3) is 10.8 Å². The highest BCUT2D eigenvalue weighted by Gasteiger charge is 2.38. The molecule has 2 aromatic rings. The SMILES string of the molecule is CC(NC(=O)N1CCC(NC2CCC2)CC1)c1cc2ccccc2cn1.O=C(O)C(F)(F)F. The van der Waals surface area contributed by atoms with Gasteiger partial charge >= 0.3 is 18.2 Å². The average Bonchev–Trinajstić information content (AvgIpc) is 2.76. The van der Waals surface area contributed by atoms with Gasteiger partial charge in [0, 0.05) is 36.8 Å². The number of halogens is 3. The minimum Gasteiger partial charge on any atom is -0.475 e. The molecule has 4 rings (SSSR count). The second-order valence-electron chi connectivity index (χ2n) is 8.49. The minimum absolute atomic E-state index is 0.0227. The number of aromatic nitrogens is 1. The van der Waals surface area contributed by atoms with Crippen molar-refractivity contribution in [3.05, 3.63) is 42.2 Å². The van der Waals surface area contributed by atoms with E-state index in [0.717, 1.165) is 48.4 Å². The highest BCUT2D eigenvalue weighted by atomic mass is 19.4. The lowest BCUT2D eigenvalue weighted by Gasteiger charge is -2.37. The van der Waals surface area contributed by atoms with E-state index in [2.05, 4.69) is 33.8 Å². The molecule has 1 atom stereocenters. The maximum absolute atomic E-state index is 12.6. The van der Waals surface area contributed by atoms with E-state index in [0.29, 0.717) is 6.04 Å². The number of carbonyl (C=O) groups excluding carboxylic acids is 1. The Morgan fingerprint density at radius 1 is 1.09 bits per heavy atom. The predicted octanol–water partition coefficient (Wildman–Crippen LogP) is 4.25. The second kappa shape index (κ2) is 10.8. The summed E-state index contributed by atoms with van der Waals surface area (Å²) in [5.74, 6) is -2.76. The van der Waals surface area contributed by atoms with Crippen LogP contribution in [-0.4, -0.2) is 58.3 Å². The number of benzene rings is 1. The molecule has 1 unspecified atom stereocenters. The number of nitrogens with one attached hydrogen (secondary N) is 2. The van der Waals surface area contributed by atoms with Crippen LogP contribution in [0.5, 0.6) is 0 Å². The number of aliphatic carboxylic acids is 1. The lowest BCUT2D eigenvalue weighted by molar-refractivity contribution is -0.192. The first kappa shape index (κ1) is 24.8. The van der Waals surface area contributed by atoms with Gasteiger partial charge in [0.05, 0.1) is 11.7 Å². The molecule has 1 aromatic heterocycles. The number of carbonyl (C=O) groups is 2. The molecule has 0 bridgehead atoms. The summed E-state index contributed by atoms with van der Waals surface area (Å²) < 4.78 is 31.7. The number of amides is 2. The van der Waals surface area contributed by atoms with Crippen molar-refractivity contribution in [2.24, 2.45) is 0 Å². The van der Waals surface area contributed by atoms with Gasteiger partial charge in [0.15, 0.2) is 0 Å². The number of urea groups is 1. The molecule has 1 aliphatic heterocycles. The largest absolute Gasteiger partial charge is 0.490 e. The van der Waals surface area contributed by atoms with Crippen LogP contribution in [0.4, 0.5) is 18.0 Å². The summed E-state index contributed by atoms with van der Waals surface area (Å²) in [6, 6.07) is 11.5. The fraction of sp³-hybridized carbons (Fsp3) is 0.522. The molecule has 2 aliphatic rings. The molecule has 0 radical (unpaired) electrons. The van der Waals surface area contributed by atoms with E-state index in [1.165, 1.54) is 19.3 Å². The quantitative estimate of drug-likeness (QED) is 0.627. The summed E-state index contributed by atoms with van der Waals surface area (Å²) in [6.07, 6.45) is 2.89. The second-order valence-corrected chi connectivity index (χ2v) is 8.49. The Hall–Kier alpha value is -2.88. The highest BCUT2D eigenvalue weighted by Crippen LogP contribution is 2.22. The van der Waals surface area contributed by atoms with E-state index in [9.17, 15) is 18.0 Å². The van der Waals surface area contributed by atoms with Gasteiger partial charge in [0.2, 0.25) is 0 Å². The maximum Gasteiger partial charge on any atom is 0.490 e. The van der Waals surface area contributed by atoms with E-state index < -0.39 is 12.1 Å². The van der Waals surface area contributed by atoms with Crippen LogP contribution in [0.15, 0.2) is 36.5 Å². The minimum atomic E-state index is -5.08. The van der Waals surface area contributed by atoms with Crippen molar-refractivity contribution in [2.45, 2.75) is 63.3 Å². The van der Waals surface area contributed by atoms with Gasteiger partial charge in [0.1, 0.15) is 0 Å². The molecule has 1 saturated carbocycles. The number of hydrogen-bond donors (Lipinski definition) is 3. The number of fused-ring (bicyclic) bond motifs is 1. The number of carboxylic acid groups (broad SMARTS) is 1. The van der Waals surface area contributed by atoms with Crippen LogP contribution in [0.1, 0.15) is 50.8 Å². The molecule has 2 heterocycles. The molecule has 1 aliphatic carbocycles. The smallest absolute Gasteiger partial charge is 0.475 e. The van der Waals surface area contributed by atoms with Crippen LogP contribution in [0, 0.1) is 0 Å². The van der Waals surface area contributed by atoms with Gasteiger partial charge in [-0.25, -0.2) is 9.59 Å². The first-order valence-corrected chi connectivity index (χ1v) is 11.1. The number of pyridine rings is 1. The molecular weight excluding hydrogens is 437 g/mol. The van der Waals surface area contributed by atoms with Crippen LogP contribution in [0.3, 0.4) is 0 Å². The maximum atomic E-state index is 12.6. The summed E-state index contributed by atoms with van der Waals surface area (Å²) in [5.41, 5.74) is 0.901. The van der Waals surface area contributed by atoms with E-state index in [1.54, 1.807) is 0 Å². The van der Waals surface area contributed by atoms with E-state index in [4.69, 9.17) is 9.90 Å². The van der Waals surface area contributed by atoms with Crippen LogP contribution in [0.2, 0.25) is 0 Å².